The monoisotopic (exact) mass is 214 g/mol. The first-order valence-corrected chi connectivity index (χ1v) is 5.73. The Morgan fingerprint density at radius 2 is 1.93 bits per heavy atom. The zero-order chi connectivity index (χ0) is 12.1. The van der Waals surface area contributed by atoms with Crippen LogP contribution >= 0.6 is 0 Å². The maximum atomic E-state index is 11.8. The van der Waals surface area contributed by atoms with Crippen molar-refractivity contribution < 1.29 is 4.79 Å². The molecule has 1 unspecified atom stereocenters. The lowest BCUT2D eigenvalue weighted by molar-refractivity contribution is -0.131. The molecule has 0 heterocycles. The number of nitrogens with zero attached hydrogens (tertiary/aromatic N) is 1. The number of rotatable bonds is 5. The van der Waals surface area contributed by atoms with E-state index in [1.807, 2.05) is 7.05 Å². The summed E-state index contributed by atoms with van der Waals surface area (Å²) in [4.78, 5) is 13.6. The van der Waals surface area contributed by atoms with Gasteiger partial charge in [-0.1, -0.05) is 27.7 Å². The number of hydrogen-bond donors (Lipinski definition) is 1. The second-order valence-corrected chi connectivity index (χ2v) is 5.43. The Labute approximate surface area is 94.0 Å². The molecule has 3 nitrogen and oxygen atoms in total. The van der Waals surface area contributed by atoms with Gasteiger partial charge in [-0.25, -0.2) is 0 Å². The van der Waals surface area contributed by atoms with Gasteiger partial charge in [-0.3, -0.25) is 4.79 Å². The minimum atomic E-state index is 0.199. The van der Waals surface area contributed by atoms with Gasteiger partial charge < -0.3 is 10.6 Å². The van der Waals surface area contributed by atoms with Crippen LogP contribution in [-0.4, -0.2) is 30.9 Å². The summed E-state index contributed by atoms with van der Waals surface area (Å²) < 4.78 is 0. The highest BCUT2D eigenvalue weighted by Gasteiger charge is 2.23. The smallest absolute Gasteiger partial charge is 0.222 e. The number of nitrogens with two attached hydrogens (primary N) is 1. The fourth-order valence-electron chi connectivity index (χ4n) is 1.18. The van der Waals surface area contributed by atoms with Crippen molar-refractivity contribution in [3.05, 3.63) is 0 Å². The first-order chi connectivity index (χ1) is 6.79. The predicted molar refractivity (Wildman–Crippen MR) is 64.5 cm³/mol. The van der Waals surface area contributed by atoms with Crippen LogP contribution in [0.3, 0.4) is 0 Å². The fourth-order valence-corrected chi connectivity index (χ4v) is 1.18. The Hall–Kier alpha value is -0.570. The van der Waals surface area contributed by atoms with Gasteiger partial charge in [0.25, 0.3) is 0 Å². The summed E-state index contributed by atoms with van der Waals surface area (Å²) >= 11 is 0. The van der Waals surface area contributed by atoms with Crippen molar-refractivity contribution >= 4 is 5.91 Å². The van der Waals surface area contributed by atoms with Gasteiger partial charge in [-0.15, -0.1) is 0 Å². The van der Waals surface area contributed by atoms with E-state index in [0.29, 0.717) is 18.9 Å². The van der Waals surface area contributed by atoms with E-state index in [4.69, 9.17) is 5.73 Å². The minimum absolute atomic E-state index is 0.199. The first kappa shape index (κ1) is 14.4. The molecule has 0 fully saturated rings. The lowest BCUT2D eigenvalue weighted by atomic mass is 9.80. The molecule has 0 aromatic carbocycles. The second kappa shape index (κ2) is 6.11. The van der Waals surface area contributed by atoms with Crippen molar-refractivity contribution in [3.63, 3.8) is 0 Å². The van der Waals surface area contributed by atoms with Crippen LogP contribution < -0.4 is 5.73 Å². The summed E-state index contributed by atoms with van der Waals surface area (Å²) in [7, 11) is 1.85. The van der Waals surface area contributed by atoms with E-state index in [1.54, 1.807) is 4.90 Å². The number of carbonyl (C=O) groups excluding carboxylic acids is 1. The topological polar surface area (TPSA) is 46.3 Å². The highest BCUT2D eigenvalue weighted by atomic mass is 16.2. The number of amides is 1. The Kier molecular flexibility index (Phi) is 5.88. The Balaban J connectivity index is 4.02. The van der Waals surface area contributed by atoms with Gasteiger partial charge in [-0.2, -0.15) is 0 Å². The molecule has 3 heteroatoms. The van der Waals surface area contributed by atoms with E-state index < -0.39 is 0 Å². The molecule has 0 radical (unpaired) electrons. The van der Waals surface area contributed by atoms with Crippen LogP contribution in [0.1, 0.15) is 40.5 Å². The van der Waals surface area contributed by atoms with Crippen molar-refractivity contribution in [1.82, 2.24) is 4.90 Å². The molecule has 0 aromatic heterocycles. The molecular weight excluding hydrogens is 188 g/mol. The third kappa shape index (κ3) is 5.78. The summed E-state index contributed by atoms with van der Waals surface area (Å²) in [5.74, 6) is 0.635. The third-order valence-electron chi connectivity index (χ3n) is 3.08. The van der Waals surface area contributed by atoms with Crippen LogP contribution in [0.2, 0.25) is 0 Å². The van der Waals surface area contributed by atoms with E-state index in [9.17, 15) is 4.79 Å². The average molecular weight is 214 g/mol. The molecule has 0 saturated carbocycles. The molecule has 1 atom stereocenters. The van der Waals surface area contributed by atoms with Crippen LogP contribution in [0.4, 0.5) is 0 Å². The summed E-state index contributed by atoms with van der Waals surface area (Å²) in [6, 6.07) is 0. The van der Waals surface area contributed by atoms with Gasteiger partial charge >= 0.3 is 0 Å². The molecule has 0 rings (SSSR count). The normalized spacial score (nSPS) is 13.7. The lowest BCUT2D eigenvalue weighted by Crippen LogP contribution is -2.32. The molecule has 0 spiro atoms. The van der Waals surface area contributed by atoms with Gasteiger partial charge in [0.2, 0.25) is 5.91 Å². The van der Waals surface area contributed by atoms with Gasteiger partial charge in [0.05, 0.1) is 0 Å². The molecule has 0 aromatic rings. The summed E-state index contributed by atoms with van der Waals surface area (Å²) in [5.41, 5.74) is 5.61. The molecule has 2 N–H and O–H groups in total. The van der Waals surface area contributed by atoms with Crippen molar-refractivity contribution in [2.45, 2.75) is 40.5 Å². The third-order valence-corrected chi connectivity index (χ3v) is 3.08. The van der Waals surface area contributed by atoms with Crippen molar-refractivity contribution in [2.75, 3.05) is 20.1 Å². The number of carbonyl (C=O) groups is 1. The average Bonchev–Trinajstić information content (AvgIpc) is 2.12. The summed E-state index contributed by atoms with van der Waals surface area (Å²) in [6.07, 6.45) is 1.51. The van der Waals surface area contributed by atoms with E-state index in [2.05, 4.69) is 27.7 Å². The molecule has 0 saturated heterocycles. The fraction of sp³-hybridized carbons (Fsp3) is 0.917. The van der Waals surface area contributed by atoms with Crippen molar-refractivity contribution in [2.24, 2.45) is 17.1 Å². The van der Waals surface area contributed by atoms with Crippen molar-refractivity contribution in [3.8, 4) is 0 Å². The molecule has 0 bridgehead atoms. The Morgan fingerprint density at radius 3 is 2.33 bits per heavy atom. The molecular formula is C12H26N2O. The van der Waals surface area contributed by atoms with Gasteiger partial charge in [0.1, 0.15) is 0 Å². The maximum Gasteiger partial charge on any atom is 0.222 e. The maximum absolute atomic E-state index is 11.8. The van der Waals surface area contributed by atoms with Crippen LogP contribution in [0, 0.1) is 11.3 Å². The van der Waals surface area contributed by atoms with Gasteiger partial charge in [-0.05, 0) is 24.3 Å². The van der Waals surface area contributed by atoms with E-state index in [1.165, 1.54) is 0 Å². The van der Waals surface area contributed by atoms with Crippen LogP contribution in [0.5, 0.6) is 0 Å². The predicted octanol–water partition coefficient (Wildman–Crippen LogP) is 1.87. The minimum Gasteiger partial charge on any atom is -0.346 e. The van der Waals surface area contributed by atoms with Crippen LogP contribution in [0.15, 0.2) is 0 Å². The molecule has 0 aliphatic rings. The van der Waals surface area contributed by atoms with Crippen LogP contribution in [0.25, 0.3) is 0 Å². The Bertz CT molecular complexity index is 196. The Morgan fingerprint density at radius 1 is 1.40 bits per heavy atom. The SMILES string of the molecule is CC(CC(=O)N(C)CCCN)C(C)(C)C. The van der Waals surface area contributed by atoms with E-state index in [-0.39, 0.29) is 11.3 Å². The van der Waals surface area contributed by atoms with Crippen LogP contribution in [-0.2, 0) is 4.79 Å². The summed E-state index contributed by atoms with van der Waals surface area (Å²) in [6.45, 7) is 10.1. The zero-order valence-corrected chi connectivity index (χ0v) is 10.8. The van der Waals surface area contributed by atoms with E-state index in [0.717, 1.165) is 13.0 Å². The van der Waals surface area contributed by atoms with Crippen molar-refractivity contribution in [1.29, 1.82) is 0 Å². The first-order valence-electron chi connectivity index (χ1n) is 5.73. The lowest BCUT2D eigenvalue weighted by Gasteiger charge is -2.28. The molecule has 1 amide bonds. The number of hydrogen-bond acceptors (Lipinski definition) is 2. The molecule has 90 valence electrons. The highest BCUT2D eigenvalue weighted by molar-refractivity contribution is 5.76. The molecule has 15 heavy (non-hydrogen) atoms. The van der Waals surface area contributed by atoms with Gasteiger partial charge in [0, 0.05) is 20.0 Å². The second-order valence-electron chi connectivity index (χ2n) is 5.43. The van der Waals surface area contributed by atoms with Gasteiger partial charge in [0.15, 0.2) is 0 Å². The highest BCUT2D eigenvalue weighted by Crippen LogP contribution is 2.28. The quantitative estimate of drug-likeness (QED) is 0.759. The van der Waals surface area contributed by atoms with E-state index >= 15 is 0 Å². The molecule has 0 aliphatic heterocycles. The largest absolute Gasteiger partial charge is 0.346 e. The standard InChI is InChI=1S/C12H26N2O/c1-10(12(2,3)4)9-11(15)14(5)8-6-7-13/h10H,6-9,13H2,1-5H3. The summed E-state index contributed by atoms with van der Waals surface area (Å²) in [5, 5.41) is 0. The molecule has 0 aliphatic carbocycles. The zero-order valence-electron chi connectivity index (χ0n) is 10.8.